The Morgan fingerprint density at radius 3 is 2.52 bits per heavy atom. The normalized spacial score (nSPS) is 13.6. The van der Waals surface area contributed by atoms with E-state index in [0.29, 0.717) is 10.4 Å². The number of aryl methyl sites for hydroxylation is 3. The third kappa shape index (κ3) is 3.37. The van der Waals surface area contributed by atoms with Gasteiger partial charge in [0.15, 0.2) is 0 Å². The minimum Gasteiger partial charge on any atom is -0.391 e. The van der Waals surface area contributed by atoms with E-state index in [1.165, 1.54) is 11.3 Å². The van der Waals surface area contributed by atoms with E-state index in [1.54, 1.807) is 23.6 Å². The number of aliphatic hydroxyl groups is 1. The van der Waals surface area contributed by atoms with E-state index in [-0.39, 0.29) is 17.5 Å². The summed E-state index contributed by atoms with van der Waals surface area (Å²) in [6, 6.07) is 1.71. The molecule has 0 spiro atoms. The van der Waals surface area contributed by atoms with Gasteiger partial charge in [-0.15, -0.1) is 22.7 Å². The fraction of sp³-hybridized carbons (Fsp3) is 0.429. The molecule has 1 unspecified atom stereocenters. The standard InChI is InChI=1S/C14H19NO3S3/c1-8-7-19-13(6-16)14(8)21(17,18)15-10(3)12-5-9(2)20-11(12)4/h5,7,10,15-16H,6H2,1-4H3. The summed E-state index contributed by atoms with van der Waals surface area (Å²) in [5.41, 5.74) is 1.67. The first-order valence-electron chi connectivity index (χ1n) is 6.53. The average molecular weight is 346 g/mol. The molecule has 1 atom stereocenters. The molecule has 2 N–H and O–H groups in total. The summed E-state index contributed by atoms with van der Waals surface area (Å²) < 4.78 is 27.9. The van der Waals surface area contributed by atoms with E-state index < -0.39 is 10.0 Å². The molecule has 0 aromatic carbocycles. The number of rotatable bonds is 5. The SMILES string of the molecule is Cc1cc(C(C)NS(=O)(=O)c2c(C)csc2CO)c(C)s1. The summed E-state index contributed by atoms with van der Waals surface area (Å²) in [5.74, 6) is 0. The molecule has 0 saturated carbocycles. The molecular weight excluding hydrogens is 326 g/mol. The minimum atomic E-state index is -3.64. The van der Waals surface area contributed by atoms with Gasteiger partial charge in [0.05, 0.1) is 11.5 Å². The van der Waals surface area contributed by atoms with Gasteiger partial charge in [-0.25, -0.2) is 13.1 Å². The third-order valence-corrected chi connectivity index (χ3v) is 7.25. The Labute approximate surface area is 133 Å². The zero-order valence-corrected chi connectivity index (χ0v) is 14.9. The largest absolute Gasteiger partial charge is 0.391 e. The van der Waals surface area contributed by atoms with Crippen molar-refractivity contribution in [1.29, 1.82) is 0 Å². The number of aliphatic hydroxyl groups excluding tert-OH is 1. The molecule has 0 aliphatic rings. The van der Waals surface area contributed by atoms with Crippen LogP contribution in [-0.2, 0) is 16.6 Å². The van der Waals surface area contributed by atoms with E-state index >= 15 is 0 Å². The van der Waals surface area contributed by atoms with Crippen molar-refractivity contribution in [2.75, 3.05) is 0 Å². The first-order chi connectivity index (χ1) is 9.76. The van der Waals surface area contributed by atoms with Crippen LogP contribution in [0.4, 0.5) is 0 Å². The predicted octanol–water partition coefficient (Wildman–Crippen LogP) is 3.27. The van der Waals surface area contributed by atoms with Crippen molar-refractivity contribution in [3.05, 3.63) is 37.2 Å². The second-order valence-corrected chi connectivity index (χ2v) is 9.12. The predicted molar refractivity (Wildman–Crippen MR) is 87.5 cm³/mol. The maximum Gasteiger partial charge on any atom is 0.242 e. The molecule has 0 aliphatic carbocycles. The maximum atomic E-state index is 12.6. The third-order valence-electron chi connectivity index (χ3n) is 3.28. The molecule has 116 valence electrons. The molecule has 2 rings (SSSR count). The van der Waals surface area contributed by atoms with Gasteiger partial charge in [0.1, 0.15) is 4.90 Å². The molecule has 0 bridgehead atoms. The topological polar surface area (TPSA) is 66.4 Å². The smallest absolute Gasteiger partial charge is 0.242 e. The van der Waals surface area contributed by atoms with Gasteiger partial charge in [-0.2, -0.15) is 0 Å². The van der Waals surface area contributed by atoms with Crippen LogP contribution in [-0.4, -0.2) is 13.5 Å². The second kappa shape index (κ2) is 6.18. The molecule has 2 heterocycles. The number of thiophene rings is 2. The van der Waals surface area contributed by atoms with E-state index in [1.807, 2.05) is 26.8 Å². The minimum absolute atomic E-state index is 0.214. The Kier molecular flexibility index (Phi) is 4.89. The Morgan fingerprint density at radius 2 is 2.00 bits per heavy atom. The van der Waals surface area contributed by atoms with Crippen molar-refractivity contribution < 1.29 is 13.5 Å². The van der Waals surface area contributed by atoms with Gasteiger partial charge in [0.2, 0.25) is 10.0 Å². The van der Waals surface area contributed by atoms with E-state index in [4.69, 9.17) is 0 Å². The molecule has 2 aromatic heterocycles. The highest BCUT2D eigenvalue weighted by Crippen LogP contribution is 2.30. The van der Waals surface area contributed by atoms with Gasteiger partial charge in [0, 0.05) is 15.8 Å². The zero-order chi connectivity index (χ0) is 15.8. The molecule has 0 radical (unpaired) electrons. The van der Waals surface area contributed by atoms with Gasteiger partial charge in [-0.3, -0.25) is 0 Å². The Balaban J connectivity index is 2.33. The lowest BCUT2D eigenvalue weighted by atomic mass is 10.1. The fourth-order valence-electron chi connectivity index (χ4n) is 2.39. The molecule has 2 aromatic rings. The quantitative estimate of drug-likeness (QED) is 0.874. The summed E-state index contributed by atoms with van der Waals surface area (Å²) in [5, 5.41) is 11.1. The monoisotopic (exact) mass is 345 g/mol. The van der Waals surface area contributed by atoms with Crippen molar-refractivity contribution in [1.82, 2.24) is 4.72 Å². The van der Waals surface area contributed by atoms with Gasteiger partial charge < -0.3 is 5.11 Å². The van der Waals surface area contributed by atoms with Crippen LogP contribution in [0.15, 0.2) is 16.3 Å². The molecule has 21 heavy (non-hydrogen) atoms. The lowest BCUT2D eigenvalue weighted by Crippen LogP contribution is -2.28. The number of sulfonamides is 1. The molecule has 0 amide bonds. The average Bonchev–Trinajstić information content (AvgIpc) is 2.91. The summed E-state index contributed by atoms with van der Waals surface area (Å²) in [7, 11) is -3.64. The lowest BCUT2D eigenvalue weighted by molar-refractivity contribution is 0.282. The molecule has 0 fully saturated rings. The second-order valence-electron chi connectivity index (χ2n) is 5.04. The van der Waals surface area contributed by atoms with Gasteiger partial charge in [-0.05, 0) is 50.3 Å². The maximum absolute atomic E-state index is 12.6. The molecule has 7 heteroatoms. The summed E-state index contributed by atoms with van der Waals surface area (Å²) >= 11 is 2.93. The number of nitrogens with one attached hydrogen (secondary N) is 1. The molecule has 0 aliphatic heterocycles. The van der Waals surface area contributed by atoms with Gasteiger partial charge in [0.25, 0.3) is 0 Å². The lowest BCUT2D eigenvalue weighted by Gasteiger charge is -2.15. The van der Waals surface area contributed by atoms with Crippen LogP contribution in [0.1, 0.15) is 38.7 Å². The summed E-state index contributed by atoms with van der Waals surface area (Å²) in [6.45, 7) is 7.32. The van der Waals surface area contributed by atoms with Crippen molar-refractivity contribution in [2.45, 2.75) is 45.2 Å². The highest BCUT2D eigenvalue weighted by molar-refractivity contribution is 7.89. The van der Waals surface area contributed by atoms with Crippen LogP contribution in [0.2, 0.25) is 0 Å². The highest BCUT2D eigenvalue weighted by Gasteiger charge is 2.25. The summed E-state index contributed by atoms with van der Waals surface area (Å²) in [6.07, 6.45) is 0. The van der Waals surface area contributed by atoms with Crippen molar-refractivity contribution >= 4 is 32.7 Å². The van der Waals surface area contributed by atoms with E-state index in [2.05, 4.69) is 4.72 Å². The van der Waals surface area contributed by atoms with Gasteiger partial charge in [-0.1, -0.05) is 0 Å². The van der Waals surface area contributed by atoms with Crippen LogP contribution >= 0.6 is 22.7 Å². The molecule has 4 nitrogen and oxygen atoms in total. The van der Waals surface area contributed by atoms with Crippen LogP contribution in [0.3, 0.4) is 0 Å². The Bertz CT molecular complexity index is 744. The summed E-state index contributed by atoms with van der Waals surface area (Å²) in [4.78, 5) is 2.97. The Hall–Kier alpha value is -0.730. The van der Waals surface area contributed by atoms with Crippen LogP contribution < -0.4 is 4.72 Å². The first kappa shape index (κ1) is 16.6. The Morgan fingerprint density at radius 1 is 1.33 bits per heavy atom. The van der Waals surface area contributed by atoms with Crippen LogP contribution in [0.5, 0.6) is 0 Å². The molecular formula is C14H19NO3S3. The number of hydrogen-bond donors (Lipinski definition) is 2. The zero-order valence-electron chi connectivity index (χ0n) is 12.4. The fourth-order valence-corrected chi connectivity index (χ4v) is 6.30. The van der Waals surface area contributed by atoms with E-state index in [0.717, 1.165) is 15.3 Å². The number of hydrogen-bond acceptors (Lipinski definition) is 5. The van der Waals surface area contributed by atoms with Crippen molar-refractivity contribution in [3.8, 4) is 0 Å². The highest BCUT2D eigenvalue weighted by atomic mass is 32.2. The van der Waals surface area contributed by atoms with Crippen LogP contribution in [0.25, 0.3) is 0 Å². The first-order valence-corrected chi connectivity index (χ1v) is 9.71. The van der Waals surface area contributed by atoms with Crippen molar-refractivity contribution in [2.24, 2.45) is 0 Å². The van der Waals surface area contributed by atoms with Gasteiger partial charge >= 0.3 is 0 Å². The van der Waals surface area contributed by atoms with Crippen molar-refractivity contribution in [3.63, 3.8) is 0 Å². The van der Waals surface area contributed by atoms with Crippen LogP contribution in [0, 0.1) is 20.8 Å². The molecule has 0 saturated heterocycles. The van der Waals surface area contributed by atoms with E-state index in [9.17, 15) is 13.5 Å².